The number of halogens is 6. The summed E-state index contributed by atoms with van der Waals surface area (Å²) in [6.45, 7) is 1.93. The van der Waals surface area contributed by atoms with Crippen molar-refractivity contribution in [1.29, 1.82) is 0 Å². The Bertz CT molecular complexity index is 1490. The second-order valence-electron chi connectivity index (χ2n) is 9.59. The van der Waals surface area contributed by atoms with E-state index in [1.165, 1.54) is 18.2 Å². The molecule has 222 valence electrons. The number of hydrogen-bond acceptors (Lipinski definition) is 5. The lowest BCUT2D eigenvalue weighted by atomic mass is 9.98. The first-order chi connectivity index (χ1) is 19.2. The van der Waals surface area contributed by atoms with Crippen LogP contribution in [0.25, 0.3) is 11.3 Å². The molecule has 2 aromatic carbocycles. The minimum atomic E-state index is -4.87. The summed E-state index contributed by atoms with van der Waals surface area (Å²) >= 11 is 0. The fourth-order valence-corrected chi connectivity index (χ4v) is 6.25. The SMILES string of the molecule is CCCCNC(=O)c1nc(C2CCN(S(=O)(=O)c3ccccc3C(F)(F)F)CC2)oc1-c1cccc(C(F)(F)F)c1. The number of carbonyl (C=O) groups is 1. The minimum Gasteiger partial charge on any atom is -0.440 e. The van der Waals surface area contributed by atoms with E-state index in [9.17, 15) is 39.6 Å². The fourth-order valence-electron chi connectivity index (χ4n) is 4.57. The van der Waals surface area contributed by atoms with E-state index in [4.69, 9.17) is 4.42 Å². The molecule has 7 nitrogen and oxygen atoms in total. The van der Waals surface area contributed by atoms with Gasteiger partial charge in [0.05, 0.1) is 16.0 Å². The first-order valence-electron chi connectivity index (χ1n) is 12.9. The highest BCUT2D eigenvalue weighted by molar-refractivity contribution is 7.89. The number of aromatic nitrogens is 1. The fraction of sp³-hybridized carbons (Fsp3) is 0.407. The molecule has 0 radical (unpaired) electrons. The van der Waals surface area contributed by atoms with Crippen LogP contribution in [0.2, 0.25) is 0 Å². The van der Waals surface area contributed by atoms with Gasteiger partial charge in [-0.2, -0.15) is 30.6 Å². The maximum Gasteiger partial charge on any atom is 0.417 e. The third-order valence-corrected chi connectivity index (χ3v) is 8.70. The molecule has 41 heavy (non-hydrogen) atoms. The Morgan fingerprint density at radius 1 is 1.02 bits per heavy atom. The summed E-state index contributed by atoms with van der Waals surface area (Å²) in [5.74, 6) is -1.29. The van der Waals surface area contributed by atoms with Crippen molar-refractivity contribution in [3.63, 3.8) is 0 Å². The number of nitrogens with zero attached hydrogens (tertiary/aromatic N) is 2. The molecule has 0 spiro atoms. The minimum absolute atomic E-state index is 0.0111. The molecule has 0 bridgehead atoms. The summed E-state index contributed by atoms with van der Waals surface area (Å²) in [4.78, 5) is 16.4. The van der Waals surface area contributed by atoms with E-state index in [0.717, 1.165) is 35.0 Å². The lowest BCUT2D eigenvalue weighted by Crippen LogP contribution is -2.38. The van der Waals surface area contributed by atoms with E-state index >= 15 is 0 Å². The number of rotatable bonds is 8. The largest absolute Gasteiger partial charge is 0.440 e. The van der Waals surface area contributed by atoms with Gasteiger partial charge in [-0.25, -0.2) is 13.4 Å². The average molecular weight is 604 g/mol. The van der Waals surface area contributed by atoms with Crippen molar-refractivity contribution in [2.75, 3.05) is 19.6 Å². The number of benzene rings is 2. The van der Waals surface area contributed by atoms with Gasteiger partial charge >= 0.3 is 12.4 Å². The number of alkyl halides is 6. The van der Waals surface area contributed by atoms with Crippen molar-refractivity contribution in [2.45, 2.75) is 55.8 Å². The molecule has 1 aliphatic heterocycles. The van der Waals surface area contributed by atoms with Gasteiger partial charge in [0.2, 0.25) is 10.0 Å². The summed E-state index contributed by atoms with van der Waals surface area (Å²) in [5.41, 5.74) is -2.42. The zero-order chi connectivity index (χ0) is 30.0. The van der Waals surface area contributed by atoms with Gasteiger partial charge in [0.25, 0.3) is 5.91 Å². The molecule has 0 atom stereocenters. The van der Waals surface area contributed by atoms with E-state index in [0.29, 0.717) is 19.0 Å². The second kappa shape index (κ2) is 11.8. The Kier molecular flexibility index (Phi) is 8.83. The highest BCUT2D eigenvalue weighted by atomic mass is 32.2. The molecule has 1 aliphatic rings. The van der Waals surface area contributed by atoms with Crippen LogP contribution < -0.4 is 5.32 Å². The van der Waals surface area contributed by atoms with Crippen molar-refractivity contribution in [1.82, 2.24) is 14.6 Å². The van der Waals surface area contributed by atoms with Gasteiger partial charge in [0, 0.05) is 31.1 Å². The first kappa shape index (κ1) is 30.6. The molecular weight excluding hydrogens is 576 g/mol. The van der Waals surface area contributed by atoms with Crippen LogP contribution in [0.1, 0.15) is 66.0 Å². The van der Waals surface area contributed by atoms with E-state index < -0.39 is 50.2 Å². The third-order valence-electron chi connectivity index (χ3n) is 6.74. The Morgan fingerprint density at radius 2 is 1.71 bits per heavy atom. The van der Waals surface area contributed by atoms with Crippen LogP contribution in [-0.2, 0) is 22.4 Å². The van der Waals surface area contributed by atoms with Crippen LogP contribution in [0.4, 0.5) is 26.3 Å². The van der Waals surface area contributed by atoms with Crippen molar-refractivity contribution in [2.24, 2.45) is 0 Å². The number of unbranched alkanes of at least 4 members (excludes halogenated alkanes) is 1. The predicted molar refractivity (Wildman–Crippen MR) is 136 cm³/mol. The van der Waals surface area contributed by atoms with Gasteiger partial charge in [-0.15, -0.1) is 0 Å². The molecule has 1 fully saturated rings. The molecular formula is C27H27F6N3O4S. The Balaban J connectivity index is 1.61. The normalized spacial score (nSPS) is 15.7. The Labute approximate surface area is 232 Å². The quantitative estimate of drug-likeness (QED) is 0.235. The molecule has 4 rings (SSSR count). The summed E-state index contributed by atoms with van der Waals surface area (Å²) < 4.78 is 113. The average Bonchev–Trinajstić information content (AvgIpc) is 3.38. The van der Waals surface area contributed by atoms with Crippen molar-refractivity contribution in [3.05, 3.63) is 71.2 Å². The number of oxazole rings is 1. The topological polar surface area (TPSA) is 92.5 Å². The van der Waals surface area contributed by atoms with Crippen molar-refractivity contribution >= 4 is 15.9 Å². The van der Waals surface area contributed by atoms with Crippen molar-refractivity contribution in [3.8, 4) is 11.3 Å². The van der Waals surface area contributed by atoms with E-state index in [1.54, 1.807) is 0 Å². The number of nitrogens with one attached hydrogen (secondary N) is 1. The Hall–Kier alpha value is -3.39. The molecule has 1 N–H and O–H groups in total. The summed E-state index contributed by atoms with van der Waals surface area (Å²) in [7, 11) is -4.48. The lowest BCUT2D eigenvalue weighted by Gasteiger charge is -2.30. The second-order valence-corrected chi connectivity index (χ2v) is 11.5. The van der Waals surface area contributed by atoms with Crippen LogP contribution >= 0.6 is 0 Å². The van der Waals surface area contributed by atoms with Crippen molar-refractivity contribution < 1.29 is 44.0 Å². The highest BCUT2D eigenvalue weighted by Gasteiger charge is 2.40. The van der Waals surface area contributed by atoms with Crippen LogP contribution in [-0.4, -0.2) is 43.2 Å². The van der Waals surface area contributed by atoms with Gasteiger partial charge in [0.15, 0.2) is 17.3 Å². The third kappa shape index (κ3) is 6.75. The van der Waals surface area contributed by atoms with Gasteiger partial charge in [-0.1, -0.05) is 37.6 Å². The van der Waals surface area contributed by atoms with Crippen LogP contribution in [0, 0.1) is 0 Å². The summed E-state index contributed by atoms with van der Waals surface area (Å²) in [5, 5.41) is 2.67. The number of piperidine rings is 1. The molecule has 1 saturated heterocycles. The standard InChI is InChI=1S/C27H27F6N3O4S/c1-2-3-13-34-24(37)22-23(18-7-6-8-19(16-18)26(28,29)30)40-25(35-22)17-11-14-36(15-12-17)41(38,39)21-10-5-4-9-20(21)27(31,32)33/h4-10,16-17H,2-3,11-15H2,1H3,(H,34,37). The molecule has 0 unspecified atom stereocenters. The molecule has 14 heteroatoms. The molecule has 3 aromatic rings. The molecule has 0 aliphatic carbocycles. The maximum absolute atomic E-state index is 13.5. The summed E-state index contributed by atoms with van der Waals surface area (Å²) in [6.07, 6.45) is -7.83. The molecule has 1 amide bonds. The zero-order valence-electron chi connectivity index (χ0n) is 21.8. The zero-order valence-corrected chi connectivity index (χ0v) is 22.7. The van der Waals surface area contributed by atoms with Crippen LogP contribution in [0.3, 0.4) is 0 Å². The molecule has 1 aromatic heterocycles. The Morgan fingerprint density at radius 3 is 2.34 bits per heavy atom. The summed E-state index contributed by atoms with van der Waals surface area (Å²) in [6, 6.07) is 8.20. The van der Waals surface area contributed by atoms with Gasteiger partial charge in [-0.05, 0) is 43.5 Å². The number of sulfonamides is 1. The first-order valence-corrected chi connectivity index (χ1v) is 14.3. The van der Waals surface area contributed by atoms with Gasteiger partial charge < -0.3 is 9.73 Å². The van der Waals surface area contributed by atoms with Gasteiger partial charge in [-0.3, -0.25) is 4.79 Å². The smallest absolute Gasteiger partial charge is 0.417 e. The monoisotopic (exact) mass is 603 g/mol. The van der Waals surface area contributed by atoms with E-state index in [2.05, 4.69) is 10.3 Å². The maximum atomic E-state index is 13.5. The highest BCUT2D eigenvalue weighted by Crippen LogP contribution is 2.39. The lowest BCUT2D eigenvalue weighted by molar-refractivity contribution is -0.140. The molecule has 2 heterocycles. The van der Waals surface area contributed by atoms with E-state index in [-0.39, 0.29) is 48.8 Å². The number of carbonyl (C=O) groups excluding carboxylic acids is 1. The van der Waals surface area contributed by atoms with Gasteiger partial charge in [0.1, 0.15) is 0 Å². The van der Waals surface area contributed by atoms with Crippen LogP contribution in [0.5, 0.6) is 0 Å². The van der Waals surface area contributed by atoms with Crippen LogP contribution in [0.15, 0.2) is 57.8 Å². The van der Waals surface area contributed by atoms with E-state index in [1.807, 2.05) is 6.92 Å². The number of hydrogen-bond donors (Lipinski definition) is 1. The predicted octanol–water partition coefficient (Wildman–Crippen LogP) is 6.48. The number of amides is 1. The molecule has 0 saturated carbocycles.